The fraction of sp³-hybridized carbons (Fsp3) is 0.250. The fourth-order valence-electron chi connectivity index (χ4n) is 1.55. The molecule has 0 aliphatic rings. The SMILES string of the molecule is Cc1cccc(CC(O)c2cncs2)c1. The van der Waals surface area contributed by atoms with Crippen LogP contribution in [0, 0.1) is 6.92 Å². The molecule has 1 atom stereocenters. The molecule has 0 bridgehead atoms. The van der Waals surface area contributed by atoms with Gasteiger partial charge < -0.3 is 5.11 Å². The van der Waals surface area contributed by atoms with Gasteiger partial charge in [-0.05, 0) is 12.5 Å². The molecule has 2 aromatic rings. The summed E-state index contributed by atoms with van der Waals surface area (Å²) in [6, 6.07) is 8.22. The number of nitrogens with zero attached hydrogens (tertiary/aromatic N) is 1. The summed E-state index contributed by atoms with van der Waals surface area (Å²) in [5, 5.41) is 9.92. The van der Waals surface area contributed by atoms with Crippen LogP contribution in [0.25, 0.3) is 0 Å². The summed E-state index contributed by atoms with van der Waals surface area (Å²) in [7, 11) is 0. The molecule has 78 valence electrons. The first-order chi connectivity index (χ1) is 7.25. The van der Waals surface area contributed by atoms with Gasteiger partial charge in [-0.3, -0.25) is 4.98 Å². The van der Waals surface area contributed by atoms with E-state index in [1.165, 1.54) is 16.9 Å². The van der Waals surface area contributed by atoms with Crippen LogP contribution < -0.4 is 0 Å². The third kappa shape index (κ3) is 2.64. The van der Waals surface area contributed by atoms with Crippen molar-refractivity contribution >= 4 is 11.3 Å². The van der Waals surface area contributed by atoms with Crippen molar-refractivity contribution in [3.63, 3.8) is 0 Å². The Bertz CT molecular complexity index is 425. The number of aliphatic hydroxyl groups excluding tert-OH is 1. The van der Waals surface area contributed by atoms with E-state index in [9.17, 15) is 5.11 Å². The molecule has 0 aliphatic heterocycles. The van der Waals surface area contributed by atoms with Crippen LogP contribution in [0.4, 0.5) is 0 Å². The van der Waals surface area contributed by atoms with Gasteiger partial charge in [0.1, 0.15) is 0 Å². The highest BCUT2D eigenvalue weighted by molar-refractivity contribution is 7.09. The first-order valence-electron chi connectivity index (χ1n) is 4.87. The summed E-state index contributed by atoms with van der Waals surface area (Å²) in [5.74, 6) is 0. The molecule has 2 nitrogen and oxygen atoms in total. The number of hydrogen-bond donors (Lipinski definition) is 1. The van der Waals surface area contributed by atoms with Crippen LogP contribution in [0.1, 0.15) is 22.1 Å². The third-order valence-electron chi connectivity index (χ3n) is 2.29. The Morgan fingerprint density at radius 3 is 3.00 bits per heavy atom. The smallest absolute Gasteiger partial charge is 0.0938 e. The highest BCUT2D eigenvalue weighted by Gasteiger charge is 2.09. The van der Waals surface area contributed by atoms with Crippen LogP contribution in [0.5, 0.6) is 0 Å². The second-order valence-electron chi connectivity index (χ2n) is 3.61. The first-order valence-corrected chi connectivity index (χ1v) is 5.75. The van der Waals surface area contributed by atoms with Gasteiger partial charge in [0.2, 0.25) is 0 Å². The molecule has 1 aromatic carbocycles. The lowest BCUT2D eigenvalue weighted by Crippen LogP contribution is -1.99. The Hall–Kier alpha value is -1.19. The highest BCUT2D eigenvalue weighted by Crippen LogP contribution is 2.21. The minimum absolute atomic E-state index is 0.431. The number of hydrogen-bond acceptors (Lipinski definition) is 3. The average Bonchev–Trinajstić information content (AvgIpc) is 2.70. The number of thiazole rings is 1. The Labute approximate surface area is 93.2 Å². The summed E-state index contributed by atoms with van der Waals surface area (Å²) in [6.45, 7) is 2.06. The van der Waals surface area contributed by atoms with Crippen LogP contribution in [0.3, 0.4) is 0 Å². The van der Waals surface area contributed by atoms with E-state index < -0.39 is 6.10 Å². The summed E-state index contributed by atoms with van der Waals surface area (Å²) < 4.78 is 0. The Balaban J connectivity index is 2.09. The topological polar surface area (TPSA) is 33.1 Å². The Morgan fingerprint density at radius 2 is 2.33 bits per heavy atom. The van der Waals surface area contributed by atoms with Gasteiger partial charge in [0.15, 0.2) is 0 Å². The van der Waals surface area contributed by atoms with E-state index in [4.69, 9.17) is 0 Å². The lowest BCUT2D eigenvalue weighted by atomic mass is 10.1. The Kier molecular flexibility index (Phi) is 3.14. The maximum atomic E-state index is 9.92. The number of aryl methyl sites for hydroxylation is 1. The summed E-state index contributed by atoms with van der Waals surface area (Å²) in [6.07, 6.45) is 1.95. The molecular weight excluding hydrogens is 206 g/mol. The molecule has 0 fully saturated rings. The minimum atomic E-state index is -0.431. The van der Waals surface area contributed by atoms with Gasteiger partial charge in [-0.25, -0.2) is 0 Å². The van der Waals surface area contributed by atoms with Crippen LogP contribution in [0.2, 0.25) is 0 Å². The van der Waals surface area contributed by atoms with Gasteiger partial charge in [0, 0.05) is 12.6 Å². The van der Waals surface area contributed by atoms with Crippen LogP contribution in [-0.2, 0) is 6.42 Å². The van der Waals surface area contributed by atoms with E-state index >= 15 is 0 Å². The summed E-state index contributed by atoms with van der Waals surface area (Å²) >= 11 is 1.49. The van der Waals surface area contributed by atoms with E-state index in [2.05, 4.69) is 24.0 Å². The van der Waals surface area contributed by atoms with Crippen LogP contribution in [0.15, 0.2) is 36.0 Å². The van der Waals surface area contributed by atoms with Crippen molar-refractivity contribution in [2.24, 2.45) is 0 Å². The van der Waals surface area contributed by atoms with Gasteiger partial charge in [0.25, 0.3) is 0 Å². The van der Waals surface area contributed by atoms with Crippen molar-refractivity contribution in [1.29, 1.82) is 0 Å². The van der Waals surface area contributed by atoms with Crippen molar-refractivity contribution in [3.05, 3.63) is 52.0 Å². The highest BCUT2D eigenvalue weighted by atomic mass is 32.1. The van der Waals surface area contributed by atoms with Crippen LogP contribution >= 0.6 is 11.3 Å². The van der Waals surface area contributed by atoms with E-state index in [0.29, 0.717) is 6.42 Å². The molecule has 0 amide bonds. The summed E-state index contributed by atoms with van der Waals surface area (Å²) in [4.78, 5) is 4.89. The maximum absolute atomic E-state index is 9.92. The zero-order valence-corrected chi connectivity index (χ0v) is 9.37. The molecule has 1 heterocycles. The van der Waals surface area contributed by atoms with Crippen LogP contribution in [-0.4, -0.2) is 10.1 Å². The molecular formula is C12H13NOS. The van der Waals surface area contributed by atoms with Gasteiger partial charge in [-0.15, -0.1) is 11.3 Å². The van der Waals surface area contributed by atoms with Crippen molar-refractivity contribution < 1.29 is 5.11 Å². The fourth-order valence-corrected chi connectivity index (χ4v) is 2.16. The molecule has 1 N–H and O–H groups in total. The molecule has 0 radical (unpaired) electrons. The van der Waals surface area contributed by atoms with E-state index in [1.807, 2.05) is 12.1 Å². The minimum Gasteiger partial charge on any atom is -0.387 e. The van der Waals surface area contributed by atoms with Gasteiger partial charge >= 0.3 is 0 Å². The second-order valence-corrected chi connectivity index (χ2v) is 4.53. The standard InChI is InChI=1S/C12H13NOS/c1-9-3-2-4-10(5-9)6-11(14)12-7-13-8-15-12/h2-5,7-8,11,14H,6H2,1H3. The first kappa shape index (κ1) is 10.3. The van der Waals surface area contributed by atoms with Crippen molar-refractivity contribution in [2.45, 2.75) is 19.4 Å². The molecule has 0 saturated heterocycles. The Morgan fingerprint density at radius 1 is 1.47 bits per heavy atom. The molecule has 0 saturated carbocycles. The van der Waals surface area contributed by atoms with Gasteiger partial charge in [-0.2, -0.15) is 0 Å². The lowest BCUT2D eigenvalue weighted by Gasteiger charge is -2.08. The van der Waals surface area contributed by atoms with E-state index in [0.717, 1.165) is 10.4 Å². The van der Waals surface area contributed by atoms with Gasteiger partial charge in [-0.1, -0.05) is 29.8 Å². The number of benzene rings is 1. The van der Waals surface area contributed by atoms with Crippen molar-refractivity contribution in [3.8, 4) is 0 Å². The largest absolute Gasteiger partial charge is 0.387 e. The molecule has 1 unspecified atom stereocenters. The molecule has 3 heteroatoms. The predicted octanol–water partition coefficient (Wildman–Crippen LogP) is 2.73. The molecule has 0 spiro atoms. The molecule has 15 heavy (non-hydrogen) atoms. The van der Waals surface area contributed by atoms with Crippen molar-refractivity contribution in [2.75, 3.05) is 0 Å². The number of aliphatic hydroxyl groups is 1. The predicted molar refractivity (Wildman–Crippen MR) is 62.0 cm³/mol. The van der Waals surface area contributed by atoms with E-state index in [-0.39, 0.29) is 0 Å². The molecule has 1 aromatic heterocycles. The summed E-state index contributed by atoms with van der Waals surface area (Å²) in [5.41, 5.74) is 4.13. The maximum Gasteiger partial charge on any atom is 0.0938 e. The zero-order valence-electron chi connectivity index (χ0n) is 8.55. The molecule has 0 aliphatic carbocycles. The quantitative estimate of drug-likeness (QED) is 0.861. The zero-order chi connectivity index (χ0) is 10.7. The third-order valence-corrected chi connectivity index (χ3v) is 3.17. The monoisotopic (exact) mass is 219 g/mol. The molecule has 2 rings (SSSR count). The van der Waals surface area contributed by atoms with E-state index in [1.54, 1.807) is 11.7 Å². The average molecular weight is 219 g/mol. The van der Waals surface area contributed by atoms with Gasteiger partial charge in [0.05, 0.1) is 16.5 Å². The second kappa shape index (κ2) is 4.55. The normalized spacial score (nSPS) is 12.7. The number of aromatic nitrogens is 1. The van der Waals surface area contributed by atoms with Crippen molar-refractivity contribution in [1.82, 2.24) is 4.98 Å². The number of rotatable bonds is 3. The lowest BCUT2D eigenvalue weighted by molar-refractivity contribution is 0.182.